The number of hydrogen-bond acceptors (Lipinski definition) is 4. The molecule has 4 aromatic rings. The van der Waals surface area contributed by atoms with Crippen molar-refractivity contribution in [3.63, 3.8) is 0 Å². The van der Waals surface area contributed by atoms with Gasteiger partial charge in [-0.15, -0.1) is 0 Å². The molecule has 1 amide bonds. The Morgan fingerprint density at radius 2 is 1.88 bits per heavy atom. The molecule has 0 unspecified atom stereocenters. The molecule has 0 saturated heterocycles. The number of benzene rings is 3. The second-order valence-electron chi connectivity index (χ2n) is 7.36. The summed E-state index contributed by atoms with van der Waals surface area (Å²) in [5, 5.41) is 2.65. The summed E-state index contributed by atoms with van der Waals surface area (Å²) in [5.41, 5.74) is 8.25. The van der Waals surface area contributed by atoms with Gasteiger partial charge in [0.05, 0.1) is 28.9 Å². The van der Waals surface area contributed by atoms with E-state index in [1.165, 1.54) is 12.1 Å². The van der Waals surface area contributed by atoms with Gasteiger partial charge in [0.1, 0.15) is 0 Å². The molecule has 0 spiro atoms. The zero-order valence-corrected chi connectivity index (χ0v) is 17.7. The molecule has 0 radical (unpaired) electrons. The van der Waals surface area contributed by atoms with E-state index < -0.39 is 17.6 Å². The van der Waals surface area contributed by atoms with Crippen LogP contribution in [-0.4, -0.2) is 22.1 Å². The molecule has 0 atom stereocenters. The van der Waals surface area contributed by atoms with Crippen molar-refractivity contribution < 1.29 is 22.7 Å². The minimum absolute atomic E-state index is 0.131. The number of carbonyl (C=O) groups excluding carboxylic acids is 1. The van der Waals surface area contributed by atoms with Crippen molar-refractivity contribution >= 4 is 28.6 Å². The van der Waals surface area contributed by atoms with Crippen LogP contribution in [-0.2, 0) is 17.5 Å². The van der Waals surface area contributed by atoms with E-state index in [0.29, 0.717) is 35.6 Å². The predicted octanol–water partition coefficient (Wildman–Crippen LogP) is 5.42. The van der Waals surface area contributed by atoms with E-state index in [2.05, 4.69) is 10.3 Å². The number of nitrogens with zero attached hydrogens (tertiary/aromatic N) is 2. The van der Waals surface area contributed by atoms with Crippen LogP contribution in [0.1, 0.15) is 28.4 Å². The van der Waals surface area contributed by atoms with E-state index in [4.69, 9.17) is 10.5 Å². The van der Waals surface area contributed by atoms with Crippen molar-refractivity contribution in [3.05, 3.63) is 83.4 Å². The second-order valence-corrected chi connectivity index (χ2v) is 7.36. The maximum atomic E-state index is 13.1. The van der Waals surface area contributed by atoms with Crippen molar-refractivity contribution in [3.8, 4) is 5.69 Å². The summed E-state index contributed by atoms with van der Waals surface area (Å²) in [6.07, 6.45) is -4.55. The highest BCUT2D eigenvalue weighted by atomic mass is 19.4. The van der Waals surface area contributed by atoms with Gasteiger partial charge in [0, 0.05) is 17.9 Å². The molecule has 0 saturated carbocycles. The lowest BCUT2D eigenvalue weighted by atomic mass is 10.1. The van der Waals surface area contributed by atoms with E-state index in [9.17, 15) is 18.0 Å². The van der Waals surface area contributed by atoms with Crippen LogP contribution in [0.2, 0.25) is 0 Å². The zero-order chi connectivity index (χ0) is 23.6. The smallest absolute Gasteiger partial charge is 0.399 e. The molecule has 0 aliphatic carbocycles. The van der Waals surface area contributed by atoms with Crippen LogP contribution in [0.15, 0.2) is 66.7 Å². The van der Waals surface area contributed by atoms with E-state index >= 15 is 0 Å². The molecule has 1 heterocycles. The second kappa shape index (κ2) is 8.95. The average Bonchev–Trinajstić information content (AvgIpc) is 3.14. The Labute approximate surface area is 187 Å². The van der Waals surface area contributed by atoms with Crippen molar-refractivity contribution in [2.24, 2.45) is 0 Å². The van der Waals surface area contributed by atoms with E-state index in [0.717, 1.165) is 17.7 Å². The van der Waals surface area contributed by atoms with Crippen molar-refractivity contribution in [1.82, 2.24) is 9.55 Å². The van der Waals surface area contributed by atoms with Crippen LogP contribution in [0.3, 0.4) is 0 Å². The topological polar surface area (TPSA) is 82.2 Å². The number of halogens is 3. The fourth-order valence-corrected chi connectivity index (χ4v) is 3.46. The number of nitrogens with two attached hydrogens (primary N) is 1. The summed E-state index contributed by atoms with van der Waals surface area (Å²) in [6.45, 7) is 2.87. The fourth-order valence-electron chi connectivity index (χ4n) is 3.46. The summed E-state index contributed by atoms with van der Waals surface area (Å²) in [7, 11) is 0. The van der Waals surface area contributed by atoms with E-state index in [-0.39, 0.29) is 11.5 Å². The van der Waals surface area contributed by atoms with Crippen LogP contribution in [0.25, 0.3) is 16.7 Å². The van der Waals surface area contributed by atoms with Gasteiger partial charge in [-0.1, -0.05) is 18.2 Å². The number of nitrogen functional groups attached to an aromatic ring is 1. The largest absolute Gasteiger partial charge is 0.416 e. The lowest BCUT2D eigenvalue weighted by molar-refractivity contribution is -0.137. The molecule has 4 rings (SSSR count). The third-order valence-electron chi connectivity index (χ3n) is 5.00. The first kappa shape index (κ1) is 22.3. The number of carbonyl (C=O) groups is 1. The third kappa shape index (κ3) is 4.83. The van der Waals surface area contributed by atoms with Gasteiger partial charge >= 0.3 is 6.18 Å². The highest BCUT2D eigenvalue weighted by molar-refractivity contribution is 6.04. The summed E-state index contributed by atoms with van der Waals surface area (Å²) in [6, 6.07) is 16.8. The maximum Gasteiger partial charge on any atom is 0.416 e. The zero-order valence-electron chi connectivity index (χ0n) is 17.7. The standard InChI is InChI=1S/C24H21F3N4O2/c1-2-33-14-15-9-10-21-20(11-15)29-23(31(21)19-8-4-7-18(28)13-19)30-22(32)16-5-3-6-17(12-16)24(25,26)27/h3-13H,2,14,28H2,1H3,(H,29,30,32). The first-order valence-electron chi connectivity index (χ1n) is 10.2. The van der Waals surface area contributed by atoms with E-state index in [1.54, 1.807) is 28.8 Å². The molecule has 0 aliphatic rings. The Morgan fingerprint density at radius 3 is 2.61 bits per heavy atom. The summed E-state index contributed by atoms with van der Waals surface area (Å²) < 4.78 is 46.4. The summed E-state index contributed by atoms with van der Waals surface area (Å²) in [5.74, 6) is -0.553. The average molecular weight is 454 g/mol. The van der Waals surface area contributed by atoms with Crippen LogP contribution >= 0.6 is 0 Å². The van der Waals surface area contributed by atoms with E-state index in [1.807, 2.05) is 25.1 Å². The molecular weight excluding hydrogens is 433 g/mol. The SMILES string of the molecule is CCOCc1ccc2c(c1)nc(NC(=O)c1cccc(C(F)(F)F)c1)n2-c1cccc(N)c1. The van der Waals surface area contributed by atoms with Crippen molar-refractivity contribution in [1.29, 1.82) is 0 Å². The maximum absolute atomic E-state index is 13.1. The molecule has 3 aromatic carbocycles. The highest BCUT2D eigenvalue weighted by Gasteiger charge is 2.31. The predicted molar refractivity (Wildman–Crippen MR) is 120 cm³/mol. The van der Waals surface area contributed by atoms with Gasteiger partial charge < -0.3 is 10.5 Å². The fraction of sp³-hybridized carbons (Fsp3) is 0.167. The minimum Gasteiger partial charge on any atom is -0.399 e. The Balaban J connectivity index is 1.77. The number of imidazole rings is 1. The number of alkyl halides is 3. The first-order chi connectivity index (χ1) is 15.8. The molecule has 6 nitrogen and oxygen atoms in total. The molecule has 0 bridgehead atoms. The molecule has 170 valence electrons. The highest BCUT2D eigenvalue weighted by Crippen LogP contribution is 2.30. The van der Waals surface area contributed by atoms with Crippen LogP contribution in [0, 0.1) is 0 Å². The van der Waals surface area contributed by atoms with Crippen molar-refractivity contribution in [2.75, 3.05) is 17.7 Å². The number of amides is 1. The van der Waals surface area contributed by atoms with Crippen LogP contribution < -0.4 is 11.1 Å². The number of hydrogen-bond donors (Lipinski definition) is 2. The van der Waals surface area contributed by atoms with Gasteiger partial charge in [-0.2, -0.15) is 13.2 Å². The lowest BCUT2D eigenvalue weighted by Gasteiger charge is -2.12. The van der Waals surface area contributed by atoms with Crippen molar-refractivity contribution in [2.45, 2.75) is 19.7 Å². The van der Waals surface area contributed by atoms with Crippen LogP contribution in [0.5, 0.6) is 0 Å². The van der Waals surface area contributed by atoms with Gasteiger partial charge in [-0.3, -0.25) is 14.7 Å². The number of anilines is 2. The van der Waals surface area contributed by atoms with Crippen LogP contribution in [0.4, 0.5) is 24.8 Å². The Hall–Kier alpha value is -3.85. The molecule has 0 aliphatic heterocycles. The van der Waals surface area contributed by atoms with Gasteiger partial charge in [0.25, 0.3) is 5.91 Å². The normalized spacial score (nSPS) is 11.6. The molecule has 33 heavy (non-hydrogen) atoms. The molecule has 1 aromatic heterocycles. The molecular formula is C24H21F3N4O2. The van der Waals surface area contributed by atoms with Gasteiger partial charge in [-0.25, -0.2) is 4.98 Å². The lowest BCUT2D eigenvalue weighted by Crippen LogP contribution is -2.16. The summed E-state index contributed by atoms with van der Waals surface area (Å²) >= 11 is 0. The Morgan fingerprint density at radius 1 is 1.09 bits per heavy atom. The number of fused-ring (bicyclic) bond motifs is 1. The van der Waals surface area contributed by atoms with Gasteiger partial charge in [0.2, 0.25) is 5.95 Å². The molecule has 0 fully saturated rings. The quantitative estimate of drug-likeness (QED) is 0.382. The number of ether oxygens (including phenoxy) is 1. The molecule has 3 N–H and O–H groups in total. The monoisotopic (exact) mass is 454 g/mol. The number of rotatable bonds is 6. The number of aromatic nitrogens is 2. The third-order valence-corrected chi connectivity index (χ3v) is 5.00. The molecule has 9 heteroatoms. The summed E-state index contributed by atoms with van der Waals surface area (Å²) in [4.78, 5) is 17.4. The van der Waals surface area contributed by atoms with Gasteiger partial charge in [0.15, 0.2) is 0 Å². The first-order valence-corrected chi connectivity index (χ1v) is 10.2. The minimum atomic E-state index is -4.55. The number of nitrogens with one attached hydrogen (secondary N) is 1. The van der Waals surface area contributed by atoms with Gasteiger partial charge in [-0.05, 0) is 61.0 Å². The Kier molecular flexibility index (Phi) is 6.06. The Bertz CT molecular complexity index is 1310.